The molecule has 0 saturated carbocycles. The van der Waals surface area contributed by atoms with E-state index in [4.69, 9.17) is 0 Å². The summed E-state index contributed by atoms with van der Waals surface area (Å²) in [4.78, 5) is 0. The molecule has 2 radical (unpaired) electrons. The van der Waals surface area contributed by atoms with Crippen LogP contribution in [-0.4, -0.2) is 0 Å². The molecule has 0 aromatic heterocycles. The van der Waals surface area contributed by atoms with E-state index in [1.165, 1.54) is 0 Å². The summed E-state index contributed by atoms with van der Waals surface area (Å²) in [6.45, 7) is 0. The Morgan fingerprint density at radius 1 is 0.500 bits per heavy atom. The summed E-state index contributed by atoms with van der Waals surface area (Å²) in [7, 11) is 0. The molecule has 0 rings (SSSR count). The molecule has 0 amide bonds. The molecule has 0 saturated heterocycles. The van der Waals surface area contributed by atoms with Crippen molar-refractivity contribution in [1.29, 1.82) is 0 Å². The first-order chi connectivity index (χ1) is 0. The fourth-order valence-electron chi connectivity index (χ4n) is 0. The largest absolute Gasteiger partial charge is 0 e. The molecule has 4 heavy (non-hydrogen) atoms. The molecule has 0 N–H and O–H groups in total. The van der Waals surface area contributed by atoms with E-state index in [0.717, 1.165) is 0 Å². The standard InChI is InChI=1S/2Co.2Cr. The van der Waals surface area contributed by atoms with Crippen LogP contribution in [0.2, 0.25) is 0 Å². The third-order valence-corrected chi connectivity index (χ3v) is 0. The molecule has 0 atom stereocenters. The fourth-order valence-corrected chi connectivity index (χ4v) is 0. The van der Waals surface area contributed by atoms with Gasteiger partial charge in [-0.25, -0.2) is 0 Å². The van der Waals surface area contributed by atoms with Gasteiger partial charge in [-0.1, -0.05) is 0 Å². The maximum atomic E-state index is 0. The van der Waals surface area contributed by atoms with Gasteiger partial charge in [0.15, 0.2) is 0 Å². The summed E-state index contributed by atoms with van der Waals surface area (Å²) >= 11 is 0. The maximum Gasteiger partial charge on any atom is 0 e. The smallest absolute Gasteiger partial charge is 0 e. The van der Waals surface area contributed by atoms with Gasteiger partial charge in [-0.2, -0.15) is 0 Å². The Kier molecular flexibility index (Phi) is 177. The molecule has 0 spiro atoms. The van der Waals surface area contributed by atoms with Gasteiger partial charge in [-0.3, -0.25) is 0 Å². The van der Waals surface area contributed by atoms with Crippen LogP contribution in [0.1, 0.15) is 0 Å². The molecule has 0 aliphatic rings. The van der Waals surface area contributed by atoms with Gasteiger partial charge in [-0.15, -0.1) is 0 Å². The molecular weight excluding hydrogens is 222 g/mol. The van der Waals surface area contributed by atoms with Crippen molar-refractivity contribution in [2.24, 2.45) is 0 Å². The normalized spacial score (nSPS) is 0. The van der Waals surface area contributed by atoms with Gasteiger partial charge >= 0.3 is 0 Å². The van der Waals surface area contributed by atoms with E-state index in [9.17, 15) is 0 Å². The minimum Gasteiger partial charge on any atom is 0 e. The monoisotopic (exact) mass is 222 g/mol. The summed E-state index contributed by atoms with van der Waals surface area (Å²) in [6, 6.07) is 0. The molecule has 0 aliphatic carbocycles. The van der Waals surface area contributed by atoms with E-state index < -0.39 is 0 Å². The Morgan fingerprint density at radius 2 is 0.500 bits per heavy atom. The Balaban J connectivity index is 0. The molecule has 0 bridgehead atoms. The average molecular weight is 222 g/mol. The molecule has 0 nitrogen and oxygen atoms in total. The van der Waals surface area contributed by atoms with Crippen molar-refractivity contribution in [3.8, 4) is 0 Å². The van der Waals surface area contributed by atoms with Crippen LogP contribution in [0.4, 0.5) is 0 Å². The van der Waals surface area contributed by atoms with Gasteiger partial charge in [0.2, 0.25) is 0 Å². The Morgan fingerprint density at radius 3 is 0.500 bits per heavy atom. The zero-order valence-corrected chi connectivity index (χ0v) is 6.12. The van der Waals surface area contributed by atoms with E-state index >= 15 is 0 Å². The first-order valence-electron chi connectivity index (χ1n) is 0. The minimum atomic E-state index is 0. The van der Waals surface area contributed by atoms with E-state index in [1.54, 1.807) is 0 Å². The zero-order chi connectivity index (χ0) is 0. The summed E-state index contributed by atoms with van der Waals surface area (Å²) < 4.78 is 0. The van der Waals surface area contributed by atoms with Gasteiger partial charge in [0, 0.05) is 68.3 Å². The molecule has 0 unspecified atom stereocenters. The Labute approximate surface area is 67.8 Å². The molecule has 0 fully saturated rings. The third-order valence-electron chi connectivity index (χ3n) is 0. The average Bonchev–Trinajstić information content (AvgIpc) is 0. The Hall–Kier alpha value is 2.08. The van der Waals surface area contributed by atoms with Crippen molar-refractivity contribution in [3.05, 3.63) is 0 Å². The molecular formula is Co2Cr2. The van der Waals surface area contributed by atoms with Crippen LogP contribution in [0.15, 0.2) is 0 Å². The van der Waals surface area contributed by atoms with E-state index in [1.807, 2.05) is 0 Å². The second-order valence-corrected chi connectivity index (χ2v) is 0. The predicted molar refractivity (Wildman–Crippen MR) is 0 cm³/mol. The van der Waals surface area contributed by atoms with E-state index in [0.29, 0.717) is 0 Å². The van der Waals surface area contributed by atoms with Gasteiger partial charge in [0.25, 0.3) is 0 Å². The van der Waals surface area contributed by atoms with Gasteiger partial charge < -0.3 is 0 Å². The topological polar surface area (TPSA) is 0 Å². The number of hydrogen-bond acceptors (Lipinski definition) is 0. The number of hydrogen-bond donors (Lipinski definition) is 0. The molecule has 0 aromatic carbocycles. The van der Waals surface area contributed by atoms with Crippen molar-refractivity contribution in [2.45, 2.75) is 0 Å². The fraction of sp³-hybridized carbons (Fsp3) is 0. The molecule has 0 aliphatic heterocycles. The summed E-state index contributed by atoms with van der Waals surface area (Å²) in [5, 5.41) is 0. The van der Waals surface area contributed by atoms with Crippen molar-refractivity contribution in [3.63, 3.8) is 0 Å². The van der Waals surface area contributed by atoms with Gasteiger partial charge in [0.05, 0.1) is 0 Å². The molecule has 0 heterocycles. The van der Waals surface area contributed by atoms with E-state index in [2.05, 4.69) is 0 Å². The minimum absolute atomic E-state index is 0. The van der Waals surface area contributed by atoms with Gasteiger partial charge in [-0.05, 0) is 0 Å². The summed E-state index contributed by atoms with van der Waals surface area (Å²) in [6.07, 6.45) is 0. The van der Waals surface area contributed by atoms with Crippen LogP contribution in [0.5, 0.6) is 0 Å². The Bertz CT molecular complexity index is 4.00. The van der Waals surface area contributed by atoms with Crippen LogP contribution in [0.25, 0.3) is 0 Å². The van der Waals surface area contributed by atoms with Crippen LogP contribution in [0.3, 0.4) is 0 Å². The van der Waals surface area contributed by atoms with Crippen molar-refractivity contribution in [2.75, 3.05) is 0 Å². The summed E-state index contributed by atoms with van der Waals surface area (Å²) in [5.74, 6) is 0. The van der Waals surface area contributed by atoms with Crippen LogP contribution >= 0.6 is 0 Å². The van der Waals surface area contributed by atoms with Crippen LogP contribution in [0, 0.1) is 0 Å². The van der Waals surface area contributed by atoms with E-state index in [-0.39, 0.29) is 68.3 Å². The van der Waals surface area contributed by atoms with Crippen molar-refractivity contribution >= 4 is 0 Å². The molecule has 0 aromatic rings. The second kappa shape index (κ2) is 19.6. The van der Waals surface area contributed by atoms with Crippen molar-refractivity contribution in [1.82, 2.24) is 0 Å². The second-order valence-electron chi connectivity index (χ2n) is 0. The van der Waals surface area contributed by atoms with Crippen LogP contribution in [-0.2, 0) is 68.3 Å². The predicted octanol–water partition coefficient (Wildman–Crippen LogP) is -0.0100. The third kappa shape index (κ3) is 8.95. The zero-order valence-electron chi connectivity index (χ0n) is 1.48. The van der Waals surface area contributed by atoms with Crippen LogP contribution < -0.4 is 0 Å². The first kappa shape index (κ1) is 36.3. The SMILES string of the molecule is [Co].[Co].[Cr].[Cr]. The number of rotatable bonds is 0. The maximum absolute atomic E-state index is 0. The van der Waals surface area contributed by atoms with Gasteiger partial charge in [0.1, 0.15) is 0 Å². The quantitative estimate of drug-likeness (QED) is 0.540. The van der Waals surface area contributed by atoms with Crippen molar-refractivity contribution < 1.29 is 68.3 Å². The molecule has 4 heteroatoms. The first-order valence-corrected chi connectivity index (χ1v) is 0. The molecule has 30 valence electrons. The summed E-state index contributed by atoms with van der Waals surface area (Å²) in [5.41, 5.74) is 0.